The number of rotatable bonds is 4. The smallest absolute Gasteiger partial charge is 0.242 e. The number of sulfonamides is 1. The van der Waals surface area contributed by atoms with Gasteiger partial charge in [0.25, 0.3) is 0 Å². The quantitative estimate of drug-likeness (QED) is 0.847. The van der Waals surface area contributed by atoms with Crippen molar-refractivity contribution in [2.45, 2.75) is 4.90 Å². The van der Waals surface area contributed by atoms with Crippen LogP contribution in [0.15, 0.2) is 35.2 Å². The van der Waals surface area contributed by atoms with Crippen molar-refractivity contribution >= 4 is 26.7 Å². The van der Waals surface area contributed by atoms with Gasteiger partial charge < -0.3 is 10.8 Å². The van der Waals surface area contributed by atoms with Crippen LogP contribution < -0.4 is 5.73 Å². The van der Waals surface area contributed by atoms with E-state index in [9.17, 15) is 8.42 Å². The van der Waals surface area contributed by atoms with Crippen molar-refractivity contribution < 1.29 is 13.5 Å². The van der Waals surface area contributed by atoms with E-state index in [1.54, 1.807) is 24.3 Å². The Kier molecular flexibility index (Phi) is 3.70. The van der Waals surface area contributed by atoms with E-state index < -0.39 is 10.0 Å². The van der Waals surface area contributed by atoms with Crippen molar-refractivity contribution in [3.63, 3.8) is 0 Å². The highest BCUT2D eigenvalue weighted by Gasteiger charge is 2.20. The van der Waals surface area contributed by atoms with Gasteiger partial charge in [0.2, 0.25) is 10.0 Å². The van der Waals surface area contributed by atoms with Crippen molar-refractivity contribution in [1.82, 2.24) is 9.29 Å². The Morgan fingerprint density at radius 3 is 2.74 bits per heavy atom. The predicted octanol–water partition coefficient (Wildman–Crippen LogP) is 0.430. The molecule has 0 saturated heterocycles. The molecular weight excluding hydrogens is 266 g/mol. The summed E-state index contributed by atoms with van der Waals surface area (Å²) >= 11 is 0. The maximum atomic E-state index is 12.2. The molecule has 0 fully saturated rings. The van der Waals surface area contributed by atoms with Gasteiger partial charge in [-0.25, -0.2) is 13.4 Å². The van der Waals surface area contributed by atoms with Crippen LogP contribution in [0.5, 0.6) is 0 Å². The van der Waals surface area contributed by atoms with Gasteiger partial charge in [0, 0.05) is 19.0 Å². The summed E-state index contributed by atoms with van der Waals surface area (Å²) in [5.41, 5.74) is 6.21. The van der Waals surface area contributed by atoms with Gasteiger partial charge >= 0.3 is 0 Å². The number of hydrogen-bond acceptors (Lipinski definition) is 5. The summed E-state index contributed by atoms with van der Waals surface area (Å²) in [6.45, 7) is -0.165. The molecule has 7 heteroatoms. The van der Waals surface area contributed by atoms with Gasteiger partial charge in [-0.05, 0) is 30.3 Å². The van der Waals surface area contributed by atoms with Gasteiger partial charge in [-0.15, -0.1) is 0 Å². The Hall–Kier alpha value is -1.70. The maximum absolute atomic E-state index is 12.2. The second kappa shape index (κ2) is 5.12. The Labute approximate surface area is 111 Å². The molecule has 0 aliphatic heterocycles. The number of pyridine rings is 1. The lowest BCUT2D eigenvalue weighted by Crippen LogP contribution is -2.29. The second-order valence-corrected chi connectivity index (χ2v) is 6.19. The van der Waals surface area contributed by atoms with E-state index in [4.69, 9.17) is 10.8 Å². The van der Waals surface area contributed by atoms with E-state index >= 15 is 0 Å². The van der Waals surface area contributed by atoms with Crippen LogP contribution in [0.25, 0.3) is 10.9 Å². The van der Waals surface area contributed by atoms with Crippen molar-refractivity contribution in [2.24, 2.45) is 0 Å². The highest BCUT2D eigenvalue weighted by Crippen LogP contribution is 2.20. The molecule has 3 N–H and O–H groups in total. The molecule has 0 spiro atoms. The number of likely N-dealkylation sites (N-methyl/N-ethyl adjacent to an activating group) is 1. The normalized spacial score (nSPS) is 12.2. The molecule has 2 aromatic rings. The minimum absolute atomic E-state index is 0.0559. The topological polar surface area (TPSA) is 96.5 Å². The molecular formula is C12H15N3O3S. The van der Waals surface area contributed by atoms with Crippen molar-refractivity contribution in [3.05, 3.63) is 30.3 Å². The van der Waals surface area contributed by atoms with E-state index in [1.165, 1.54) is 13.1 Å². The van der Waals surface area contributed by atoms with Crippen LogP contribution in [-0.2, 0) is 10.0 Å². The van der Waals surface area contributed by atoms with Crippen LogP contribution in [0.2, 0.25) is 0 Å². The zero-order valence-electron chi connectivity index (χ0n) is 10.4. The molecule has 102 valence electrons. The number of aliphatic hydroxyl groups is 1. The SMILES string of the molecule is CN(CCO)S(=O)(=O)c1ccc2nc(N)ccc2c1. The largest absolute Gasteiger partial charge is 0.395 e. The minimum Gasteiger partial charge on any atom is -0.395 e. The Balaban J connectivity index is 2.49. The van der Waals surface area contributed by atoms with Crippen LogP contribution in [0, 0.1) is 0 Å². The Morgan fingerprint density at radius 2 is 2.05 bits per heavy atom. The average Bonchev–Trinajstić information content (AvgIpc) is 2.38. The van der Waals surface area contributed by atoms with Gasteiger partial charge in [-0.1, -0.05) is 0 Å². The molecule has 1 aromatic carbocycles. The van der Waals surface area contributed by atoms with Gasteiger partial charge in [-0.2, -0.15) is 4.31 Å². The van der Waals surface area contributed by atoms with Crippen LogP contribution in [0.4, 0.5) is 5.82 Å². The minimum atomic E-state index is -3.59. The van der Waals surface area contributed by atoms with Crippen LogP contribution in [-0.4, -0.2) is 43.0 Å². The highest BCUT2D eigenvalue weighted by atomic mass is 32.2. The molecule has 0 aliphatic carbocycles. The van der Waals surface area contributed by atoms with Gasteiger partial charge in [0.1, 0.15) is 5.82 Å². The lowest BCUT2D eigenvalue weighted by atomic mass is 10.2. The molecule has 0 aliphatic rings. The molecule has 0 amide bonds. The number of aliphatic hydroxyl groups excluding tert-OH is 1. The van der Waals surface area contributed by atoms with Gasteiger partial charge in [0.15, 0.2) is 0 Å². The summed E-state index contributed by atoms with van der Waals surface area (Å²) in [6.07, 6.45) is 0. The number of fused-ring (bicyclic) bond motifs is 1. The van der Waals surface area contributed by atoms with Crippen LogP contribution in [0.1, 0.15) is 0 Å². The third-order valence-corrected chi connectivity index (χ3v) is 4.66. The number of benzene rings is 1. The first kappa shape index (κ1) is 13.7. The first-order chi connectivity index (χ1) is 8.95. The molecule has 0 atom stereocenters. The maximum Gasteiger partial charge on any atom is 0.242 e. The number of nitrogens with two attached hydrogens (primary N) is 1. The first-order valence-corrected chi connectivity index (χ1v) is 7.12. The van der Waals surface area contributed by atoms with Crippen LogP contribution in [0.3, 0.4) is 0 Å². The highest BCUT2D eigenvalue weighted by molar-refractivity contribution is 7.89. The summed E-state index contributed by atoms with van der Waals surface area (Å²) in [6, 6.07) is 7.99. The predicted molar refractivity (Wildman–Crippen MR) is 73.1 cm³/mol. The molecule has 1 heterocycles. The zero-order chi connectivity index (χ0) is 14.0. The molecule has 1 aromatic heterocycles. The van der Waals surface area contributed by atoms with Crippen molar-refractivity contribution in [3.8, 4) is 0 Å². The molecule has 0 radical (unpaired) electrons. The van der Waals surface area contributed by atoms with Gasteiger partial charge in [-0.3, -0.25) is 0 Å². The number of nitrogen functional groups attached to an aromatic ring is 1. The van der Waals surface area contributed by atoms with E-state index in [2.05, 4.69) is 4.98 Å². The van der Waals surface area contributed by atoms with E-state index in [0.717, 1.165) is 4.31 Å². The van der Waals surface area contributed by atoms with Crippen molar-refractivity contribution in [2.75, 3.05) is 25.9 Å². The molecule has 0 unspecified atom stereocenters. The van der Waals surface area contributed by atoms with E-state index in [-0.39, 0.29) is 18.0 Å². The van der Waals surface area contributed by atoms with Gasteiger partial charge in [0.05, 0.1) is 17.0 Å². The zero-order valence-corrected chi connectivity index (χ0v) is 11.3. The Bertz CT molecular complexity index is 700. The third kappa shape index (κ3) is 2.67. The summed E-state index contributed by atoms with van der Waals surface area (Å²) in [5, 5.41) is 9.52. The standard InChI is InChI=1S/C12H15N3O3S/c1-15(6-7-16)19(17,18)10-3-4-11-9(8-10)2-5-12(13)14-11/h2-5,8,16H,6-7H2,1H3,(H2,13,14). The summed E-state index contributed by atoms with van der Waals surface area (Å²) in [4.78, 5) is 4.28. The average molecular weight is 281 g/mol. The molecule has 0 bridgehead atoms. The third-order valence-electron chi connectivity index (χ3n) is 2.81. The van der Waals surface area contributed by atoms with E-state index in [0.29, 0.717) is 16.7 Å². The molecule has 2 rings (SSSR count). The second-order valence-electron chi connectivity index (χ2n) is 4.14. The van der Waals surface area contributed by atoms with E-state index in [1.807, 2.05) is 0 Å². The lowest BCUT2D eigenvalue weighted by Gasteiger charge is -2.16. The summed E-state index contributed by atoms with van der Waals surface area (Å²) in [5.74, 6) is 0.389. The fraction of sp³-hybridized carbons (Fsp3) is 0.250. The number of nitrogens with zero attached hydrogens (tertiary/aromatic N) is 2. The number of aromatic nitrogens is 1. The number of hydrogen-bond donors (Lipinski definition) is 2. The monoisotopic (exact) mass is 281 g/mol. The lowest BCUT2D eigenvalue weighted by molar-refractivity contribution is 0.266. The van der Waals surface area contributed by atoms with Crippen molar-refractivity contribution in [1.29, 1.82) is 0 Å². The Morgan fingerprint density at radius 1 is 1.32 bits per heavy atom. The summed E-state index contributed by atoms with van der Waals surface area (Å²) in [7, 11) is -2.16. The molecule has 0 saturated carbocycles. The fourth-order valence-electron chi connectivity index (χ4n) is 1.72. The molecule has 19 heavy (non-hydrogen) atoms. The van der Waals surface area contributed by atoms with Crippen LogP contribution >= 0.6 is 0 Å². The molecule has 6 nitrogen and oxygen atoms in total. The first-order valence-electron chi connectivity index (χ1n) is 5.68. The fourth-order valence-corrected chi connectivity index (χ4v) is 2.92. The summed E-state index contributed by atoms with van der Waals surface area (Å²) < 4.78 is 25.5. The number of anilines is 1.